The summed E-state index contributed by atoms with van der Waals surface area (Å²) in [6.45, 7) is 16.8. The molecule has 0 unspecified atom stereocenters. The summed E-state index contributed by atoms with van der Waals surface area (Å²) < 4.78 is 6.14. The van der Waals surface area contributed by atoms with Crippen LogP contribution in [0.1, 0.15) is 27.7 Å². The molecular formula is C12H26N2OSSi. The molecule has 0 amide bonds. The Morgan fingerprint density at radius 2 is 1.82 bits per heavy atom. The molecule has 0 aliphatic carbocycles. The number of allylic oxidation sites excluding steroid dienone is 1. The van der Waals surface area contributed by atoms with Crippen LogP contribution < -0.4 is 0 Å². The maximum absolute atomic E-state index is 6.14. The van der Waals surface area contributed by atoms with E-state index in [1.807, 2.05) is 20.2 Å². The zero-order chi connectivity index (χ0) is 13.9. The fraction of sp³-hybridized carbons (Fsp3) is 0.750. The predicted molar refractivity (Wildman–Crippen MR) is 81.8 cm³/mol. The molecule has 0 aromatic carbocycles. The highest BCUT2D eigenvalue weighted by Crippen LogP contribution is 2.37. The van der Waals surface area contributed by atoms with E-state index in [0.717, 1.165) is 10.9 Å². The maximum atomic E-state index is 6.14. The molecule has 0 atom stereocenters. The van der Waals surface area contributed by atoms with Gasteiger partial charge in [0.15, 0.2) is 5.17 Å². The first-order valence-corrected chi connectivity index (χ1v) is 9.85. The van der Waals surface area contributed by atoms with Crippen LogP contribution in [0.4, 0.5) is 0 Å². The Hall–Kier alpha value is -0.263. The number of hydroxylamine groups is 2. The number of rotatable bonds is 3. The fourth-order valence-electron chi connectivity index (χ4n) is 0.926. The predicted octanol–water partition coefficient (Wildman–Crippen LogP) is 4.11. The van der Waals surface area contributed by atoms with Gasteiger partial charge in [-0.05, 0) is 31.3 Å². The Labute approximate surface area is 111 Å². The van der Waals surface area contributed by atoms with E-state index in [1.165, 1.54) is 0 Å². The number of hydrogen-bond acceptors (Lipinski definition) is 3. The van der Waals surface area contributed by atoms with Crippen molar-refractivity contribution in [2.75, 3.05) is 13.3 Å². The van der Waals surface area contributed by atoms with Crippen molar-refractivity contribution in [3.8, 4) is 0 Å². The smallest absolute Gasteiger partial charge is 0.228 e. The van der Waals surface area contributed by atoms with Crippen molar-refractivity contribution in [3.05, 3.63) is 12.3 Å². The lowest BCUT2D eigenvalue weighted by atomic mass is 10.2. The van der Waals surface area contributed by atoms with Gasteiger partial charge in [0.1, 0.15) is 0 Å². The summed E-state index contributed by atoms with van der Waals surface area (Å²) in [6.07, 6.45) is 1.99. The Morgan fingerprint density at radius 1 is 1.35 bits per heavy atom. The second-order valence-corrected chi connectivity index (χ2v) is 11.2. The number of thioether (sulfide) groups is 1. The molecule has 0 aromatic heterocycles. The van der Waals surface area contributed by atoms with Crippen LogP contribution >= 0.6 is 11.8 Å². The van der Waals surface area contributed by atoms with E-state index < -0.39 is 8.32 Å². The largest absolute Gasteiger partial charge is 0.318 e. The van der Waals surface area contributed by atoms with Crippen LogP contribution in [0.25, 0.3) is 0 Å². The molecule has 0 aliphatic rings. The van der Waals surface area contributed by atoms with Crippen LogP contribution in [-0.4, -0.2) is 31.9 Å². The zero-order valence-corrected chi connectivity index (χ0v) is 14.2. The van der Waals surface area contributed by atoms with Crippen LogP contribution in [0.2, 0.25) is 18.1 Å². The average Bonchev–Trinajstić information content (AvgIpc) is 2.10. The number of amidine groups is 1. The number of hydrogen-bond donors (Lipinski definition) is 0. The van der Waals surface area contributed by atoms with Gasteiger partial charge in [-0.25, -0.2) is 10.1 Å². The van der Waals surface area contributed by atoms with Gasteiger partial charge in [0, 0.05) is 12.7 Å². The summed E-state index contributed by atoms with van der Waals surface area (Å²) in [7, 11) is 0.119. The summed E-state index contributed by atoms with van der Waals surface area (Å²) in [5.41, 5.74) is 0.792. The summed E-state index contributed by atoms with van der Waals surface area (Å²) in [5, 5.41) is 2.83. The lowest BCUT2D eigenvalue weighted by Crippen LogP contribution is -2.46. The molecule has 0 spiro atoms. The lowest BCUT2D eigenvalue weighted by Gasteiger charge is -2.38. The molecule has 0 heterocycles. The molecule has 0 fully saturated rings. The second kappa shape index (κ2) is 6.07. The van der Waals surface area contributed by atoms with Crippen molar-refractivity contribution in [3.63, 3.8) is 0 Å². The van der Waals surface area contributed by atoms with Gasteiger partial charge in [-0.15, -0.1) is 0 Å². The lowest BCUT2D eigenvalue weighted by molar-refractivity contribution is 0.0332. The summed E-state index contributed by atoms with van der Waals surface area (Å²) >= 11 is 1.57. The Morgan fingerprint density at radius 3 is 2.12 bits per heavy atom. The van der Waals surface area contributed by atoms with E-state index in [9.17, 15) is 0 Å². The van der Waals surface area contributed by atoms with E-state index in [0.29, 0.717) is 0 Å². The third-order valence-corrected chi connectivity index (χ3v) is 7.97. The van der Waals surface area contributed by atoms with Crippen LogP contribution in [-0.2, 0) is 4.53 Å². The standard InChI is InChI=1S/C12H26N2OSSi/c1-10(2)13-11(16-7)14(6)15-17(8,9)12(3,4)5/h1H2,2-9H3/b13-11+. The summed E-state index contributed by atoms with van der Waals surface area (Å²) in [5.74, 6) is 0. The van der Waals surface area contributed by atoms with Crippen molar-refractivity contribution in [2.24, 2.45) is 4.99 Å². The van der Waals surface area contributed by atoms with Crippen LogP contribution in [0.3, 0.4) is 0 Å². The van der Waals surface area contributed by atoms with Crippen molar-refractivity contribution in [1.82, 2.24) is 5.06 Å². The molecule has 0 saturated heterocycles. The van der Waals surface area contributed by atoms with Crippen molar-refractivity contribution >= 4 is 25.2 Å². The quantitative estimate of drug-likeness (QED) is 0.335. The van der Waals surface area contributed by atoms with Gasteiger partial charge in [-0.3, -0.25) is 0 Å². The molecule has 0 radical (unpaired) electrons. The van der Waals surface area contributed by atoms with Gasteiger partial charge < -0.3 is 4.53 Å². The second-order valence-electron chi connectivity index (χ2n) is 5.68. The highest BCUT2D eigenvalue weighted by atomic mass is 32.2. The first-order chi connectivity index (χ1) is 7.51. The number of nitrogens with zero attached hydrogens (tertiary/aromatic N) is 2. The highest BCUT2D eigenvalue weighted by Gasteiger charge is 2.39. The van der Waals surface area contributed by atoms with Gasteiger partial charge in [-0.1, -0.05) is 39.1 Å². The van der Waals surface area contributed by atoms with Crippen molar-refractivity contribution in [2.45, 2.75) is 45.8 Å². The minimum atomic E-state index is -1.80. The molecule has 0 bridgehead atoms. The van der Waals surface area contributed by atoms with Crippen LogP contribution in [0.5, 0.6) is 0 Å². The van der Waals surface area contributed by atoms with E-state index in [-0.39, 0.29) is 5.04 Å². The SMILES string of the molecule is C=C(C)/N=C(/SC)N(C)O[Si](C)(C)C(C)(C)C. The zero-order valence-electron chi connectivity index (χ0n) is 12.4. The van der Waals surface area contributed by atoms with Crippen molar-refractivity contribution in [1.29, 1.82) is 0 Å². The fourth-order valence-corrected chi connectivity index (χ4v) is 2.58. The molecule has 0 rings (SSSR count). The summed E-state index contributed by atoms with van der Waals surface area (Å²) in [6, 6.07) is 0. The Kier molecular flexibility index (Phi) is 5.97. The first kappa shape index (κ1) is 16.7. The third kappa shape index (κ3) is 5.27. The van der Waals surface area contributed by atoms with E-state index in [1.54, 1.807) is 16.8 Å². The highest BCUT2D eigenvalue weighted by molar-refractivity contribution is 8.13. The van der Waals surface area contributed by atoms with Gasteiger partial charge in [-0.2, -0.15) is 0 Å². The minimum Gasteiger partial charge on any atom is -0.318 e. The van der Waals surface area contributed by atoms with Gasteiger partial charge in [0.05, 0.1) is 0 Å². The van der Waals surface area contributed by atoms with Crippen molar-refractivity contribution < 1.29 is 4.53 Å². The molecule has 0 aromatic rings. The maximum Gasteiger partial charge on any atom is 0.228 e. The average molecular weight is 275 g/mol. The van der Waals surface area contributed by atoms with Crippen LogP contribution in [0, 0.1) is 0 Å². The minimum absolute atomic E-state index is 0.188. The molecule has 5 heteroatoms. The topological polar surface area (TPSA) is 24.8 Å². The first-order valence-electron chi connectivity index (χ1n) is 5.72. The third-order valence-electron chi connectivity index (χ3n) is 2.91. The van der Waals surface area contributed by atoms with E-state index in [2.05, 4.69) is 45.4 Å². The van der Waals surface area contributed by atoms with Gasteiger partial charge in [0.2, 0.25) is 8.32 Å². The number of aliphatic imine (C=N–C) groups is 1. The van der Waals surface area contributed by atoms with E-state index >= 15 is 0 Å². The molecular weight excluding hydrogens is 248 g/mol. The Bertz CT molecular complexity index is 308. The molecule has 17 heavy (non-hydrogen) atoms. The van der Waals surface area contributed by atoms with Gasteiger partial charge in [0.25, 0.3) is 0 Å². The van der Waals surface area contributed by atoms with Crippen LogP contribution in [0.15, 0.2) is 17.3 Å². The molecule has 0 saturated carbocycles. The Balaban J connectivity index is 4.85. The van der Waals surface area contributed by atoms with E-state index in [4.69, 9.17) is 4.53 Å². The monoisotopic (exact) mass is 274 g/mol. The normalized spacial score (nSPS) is 13.8. The molecule has 100 valence electrons. The molecule has 0 aliphatic heterocycles. The van der Waals surface area contributed by atoms with Gasteiger partial charge >= 0.3 is 0 Å². The molecule has 0 N–H and O–H groups in total. The molecule has 3 nitrogen and oxygen atoms in total. The summed E-state index contributed by atoms with van der Waals surface area (Å²) in [4.78, 5) is 4.37.